The number of nitrogens with zero attached hydrogens (tertiary/aromatic N) is 3. The number of nitrogens with two attached hydrogens (primary N) is 1. The number of carbonyl (C=O) groups is 2. The zero-order valence-corrected chi connectivity index (χ0v) is 15.8. The van der Waals surface area contributed by atoms with Gasteiger partial charge in [-0.25, -0.2) is 4.98 Å². The van der Waals surface area contributed by atoms with Crippen LogP contribution in [0.2, 0.25) is 0 Å². The van der Waals surface area contributed by atoms with Crippen molar-refractivity contribution in [3.8, 4) is 0 Å². The van der Waals surface area contributed by atoms with E-state index in [0.717, 1.165) is 11.0 Å². The number of nitrogens with one attached hydrogen (secondary N) is 1. The molecule has 0 radical (unpaired) electrons. The van der Waals surface area contributed by atoms with Gasteiger partial charge in [0.1, 0.15) is 0 Å². The van der Waals surface area contributed by atoms with Gasteiger partial charge in [0.2, 0.25) is 5.91 Å². The number of aromatic nitrogens is 2. The molecule has 2 aliphatic heterocycles. The number of rotatable bonds is 3. The van der Waals surface area contributed by atoms with Crippen LogP contribution < -0.4 is 11.1 Å². The zero-order valence-electron chi connectivity index (χ0n) is 15.0. The largest absolute Gasteiger partial charge is 0.378 e. The minimum atomic E-state index is -0.553. The highest BCUT2D eigenvalue weighted by molar-refractivity contribution is 5.93. The topological polar surface area (TPSA) is 102 Å². The maximum absolute atomic E-state index is 12.9. The van der Waals surface area contributed by atoms with Crippen molar-refractivity contribution >= 4 is 35.3 Å². The smallest absolute Gasteiger partial charge is 0.284 e. The maximum atomic E-state index is 12.9. The molecule has 2 fully saturated rings. The summed E-state index contributed by atoms with van der Waals surface area (Å²) < 4.78 is 7.23. The van der Waals surface area contributed by atoms with E-state index >= 15 is 0 Å². The molecule has 0 spiro atoms. The van der Waals surface area contributed by atoms with E-state index in [1.807, 2.05) is 33.7 Å². The summed E-state index contributed by atoms with van der Waals surface area (Å²) in [5.41, 5.74) is 7.17. The number of hydrogen-bond donors (Lipinski definition) is 2. The van der Waals surface area contributed by atoms with Crippen molar-refractivity contribution in [3.05, 3.63) is 30.1 Å². The molecule has 3 N–H and O–H groups in total. The number of primary amides is 1. The number of hydrogen-bond acceptors (Lipinski definition) is 5. The summed E-state index contributed by atoms with van der Waals surface area (Å²) in [4.78, 5) is 31.1. The summed E-state index contributed by atoms with van der Waals surface area (Å²) in [5.74, 6) is -0.287. The van der Waals surface area contributed by atoms with Gasteiger partial charge in [0.05, 0.1) is 30.2 Å². The Balaban J connectivity index is 0.00000210. The first-order valence-corrected chi connectivity index (χ1v) is 8.99. The number of amides is 2. The van der Waals surface area contributed by atoms with Crippen molar-refractivity contribution in [1.29, 1.82) is 0 Å². The highest BCUT2D eigenvalue weighted by Crippen LogP contribution is 2.28. The van der Waals surface area contributed by atoms with Gasteiger partial charge in [-0.15, -0.1) is 12.4 Å². The third kappa shape index (κ3) is 3.78. The van der Waals surface area contributed by atoms with Crippen LogP contribution in [-0.2, 0) is 9.53 Å². The second kappa shape index (κ2) is 8.24. The monoisotopic (exact) mass is 393 g/mol. The number of benzene rings is 1. The highest BCUT2D eigenvalue weighted by Gasteiger charge is 2.33. The molecular weight excluding hydrogens is 370 g/mol. The third-order valence-corrected chi connectivity index (χ3v) is 5.18. The molecule has 2 atom stereocenters. The van der Waals surface area contributed by atoms with Gasteiger partial charge in [-0.05, 0) is 18.6 Å². The van der Waals surface area contributed by atoms with Crippen LogP contribution in [0.3, 0.4) is 0 Å². The number of carbonyl (C=O) groups excluding carboxylic acids is 2. The number of para-hydroxylation sites is 2. The van der Waals surface area contributed by atoms with E-state index in [-0.39, 0.29) is 36.1 Å². The number of imidazole rings is 1. The Morgan fingerprint density at radius 1 is 1.19 bits per heavy atom. The average molecular weight is 394 g/mol. The van der Waals surface area contributed by atoms with Crippen LogP contribution in [0.5, 0.6) is 0 Å². The lowest BCUT2D eigenvalue weighted by molar-refractivity contribution is -0.140. The van der Waals surface area contributed by atoms with E-state index in [2.05, 4.69) is 10.3 Å². The summed E-state index contributed by atoms with van der Waals surface area (Å²) in [6, 6.07) is 7.55. The Hall–Kier alpha value is -2.16. The van der Waals surface area contributed by atoms with Gasteiger partial charge in [-0.2, -0.15) is 0 Å². The summed E-state index contributed by atoms with van der Waals surface area (Å²) in [7, 11) is 0. The Morgan fingerprint density at radius 2 is 1.93 bits per heavy atom. The second-order valence-corrected chi connectivity index (χ2v) is 6.84. The first kappa shape index (κ1) is 19.6. The van der Waals surface area contributed by atoms with Gasteiger partial charge in [0, 0.05) is 32.2 Å². The maximum Gasteiger partial charge on any atom is 0.284 e. The minimum Gasteiger partial charge on any atom is -0.378 e. The molecule has 2 aliphatic rings. The fourth-order valence-corrected chi connectivity index (χ4v) is 3.93. The van der Waals surface area contributed by atoms with Crippen molar-refractivity contribution in [2.75, 3.05) is 39.4 Å². The van der Waals surface area contributed by atoms with Crippen LogP contribution in [0.25, 0.3) is 11.0 Å². The first-order chi connectivity index (χ1) is 12.6. The Labute approximate surface area is 163 Å². The van der Waals surface area contributed by atoms with Crippen LogP contribution in [0, 0.1) is 5.92 Å². The molecule has 2 aromatic rings. The van der Waals surface area contributed by atoms with Gasteiger partial charge in [0.25, 0.3) is 5.91 Å². The normalized spacial score (nSPS) is 23.0. The molecule has 0 saturated carbocycles. The van der Waals surface area contributed by atoms with Crippen LogP contribution in [0.15, 0.2) is 24.3 Å². The van der Waals surface area contributed by atoms with Gasteiger partial charge in [0.15, 0.2) is 5.82 Å². The van der Waals surface area contributed by atoms with E-state index in [4.69, 9.17) is 10.5 Å². The fraction of sp³-hybridized carbons (Fsp3) is 0.500. The predicted octanol–water partition coefficient (Wildman–Crippen LogP) is 0.566. The molecule has 4 rings (SSSR count). The summed E-state index contributed by atoms with van der Waals surface area (Å²) >= 11 is 0. The Bertz CT molecular complexity index is 834. The highest BCUT2D eigenvalue weighted by atomic mass is 35.5. The summed E-state index contributed by atoms with van der Waals surface area (Å²) in [5, 5.41) is 3.34. The molecule has 1 aromatic carbocycles. The van der Waals surface area contributed by atoms with Gasteiger partial charge < -0.3 is 25.3 Å². The molecule has 0 unspecified atom stereocenters. The van der Waals surface area contributed by atoms with Crippen molar-refractivity contribution in [1.82, 2.24) is 19.8 Å². The van der Waals surface area contributed by atoms with Crippen molar-refractivity contribution in [2.45, 2.75) is 12.5 Å². The number of morpholine rings is 1. The lowest BCUT2D eigenvalue weighted by Gasteiger charge is -2.35. The van der Waals surface area contributed by atoms with Crippen molar-refractivity contribution in [3.63, 3.8) is 0 Å². The minimum absolute atomic E-state index is 0. The molecule has 27 heavy (non-hydrogen) atoms. The third-order valence-electron chi connectivity index (χ3n) is 5.18. The van der Waals surface area contributed by atoms with Crippen LogP contribution in [0.4, 0.5) is 0 Å². The molecule has 1 aromatic heterocycles. The predicted molar refractivity (Wildman–Crippen MR) is 103 cm³/mol. The number of halogens is 1. The average Bonchev–Trinajstić information content (AvgIpc) is 3.08. The lowest BCUT2D eigenvalue weighted by Crippen LogP contribution is -2.49. The molecule has 2 amide bonds. The second-order valence-electron chi connectivity index (χ2n) is 6.84. The zero-order chi connectivity index (χ0) is 18.1. The van der Waals surface area contributed by atoms with Gasteiger partial charge >= 0.3 is 0 Å². The van der Waals surface area contributed by atoms with E-state index in [1.54, 1.807) is 0 Å². The van der Waals surface area contributed by atoms with E-state index < -0.39 is 5.91 Å². The number of piperidine rings is 1. The molecule has 9 heteroatoms. The van der Waals surface area contributed by atoms with Crippen molar-refractivity contribution < 1.29 is 14.3 Å². The standard InChI is InChI=1S/C18H23N5O3.ClH/c19-16(24)17-21-14-3-1-2-4-15(14)23(17)13-9-12(10-20-11-13)18(25)22-5-7-26-8-6-22;/h1-4,12-13,20H,5-11H2,(H2,19,24);1H/t12-,13+;/m1./s1. The van der Waals surface area contributed by atoms with Crippen molar-refractivity contribution in [2.24, 2.45) is 11.7 Å². The fourth-order valence-electron chi connectivity index (χ4n) is 3.93. The lowest BCUT2D eigenvalue weighted by atomic mass is 9.93. The molecular formula is C18H24ClN5O3. The van der Waals surface area contributed by atoms with E-state index in [9.17, 15) is 9.59 Å². The summed E-state index contributed by atoms with van der Waals surface area (Å²) in [6.45, 7) is 3.78. The molecule has 8 nitrogen and oxygen atoms in total. The Morgan fingerprint density at radius 3 is 2.67 bits per heavy atom. The molecule has 0 aliphatic carbocycles. The molecule has 2 saturated heterocycles. The van der Waals surface area contributed by atoms with Crippen LogP contribution in [-0.4, -0.2) is 65.7 Å². The number of fused-ring (bicyclic) bond motifs is 1. The van der Waals surface area contributed by atoms with Gasteiger partial charge in [-0.1, -0.05) is 12.1 Å². The van der Waals surface area contributed by atoms with Gasteiger partial charge in [-0.3, -0.25) is 9.59 Å². The summed E-state index contributed by atoms with van der Waals surface area (Å²) in [6.07, 6.45) is 0.657. The Kier molecular flexibility index (Phi) is 5.98. The van der Waals surface area contributed by atoms with Crippen LogP contribution in [0.1, 0.15) is 23.1 Å². The molecule has 3 heterocycles. The van der Waals surface area contributed by atoms with E-state index in [0.29, 0.717) is 45.8 Å². The van der Waals surface area contributed by atoms with E-state index in [1.165, 1.54) is 0 Å². The molecule has 0 bridgehead atoms. The first-order valence-electron chi connectivity index (χ1n) is 8.99. The SMILES string of the molecule is Cl.NC(=O)c1nc2ccccc2n1[C@@H]1CNC[C@H](C(=O)N2CCOCC2)C1. The quantitative estimate of drug-likeness (QED) is 0.793. The van der Waals surface area contributed by atoms with Crippen LogP contribution >= 0.6 is 12.4 Å². The number of ether oxygens (including phenoxy) is 1. The molecule has 146 valence electrons.